The van der Waals surface area contributed by atoms with Crippen LogP contribution in [0.5, 0.6) is 0 Å². The van der Waals surface area contributed by atoms with E-state index in [4.69, 9.17) is 9.47 Å². The molecule has 1 unspecified atom stereocenters. The fourth-order valence-electron chi connectivity index (χ4n) is 2.09. The van der Waals surface area contributed by atoms with E-state index in [0.717, 1.165) is 12.1 Å². The van der Waals surface area contributed by atoms with Gasteiger partial charge < -0.3 is 20.1 Å². The van der Waals surface area contributed by atoms with Gasteiger partial charge in [-0.05, 0) is 24.3 Å². The molecule has 1 aliphatic rings. The topological polar surface area (TPSA) is 59.6 Å². The van der Waals surface area contributed by atoms with Gasteiger partial charge in [-0.3, -0.25) is 4.79 Å². The monoisotopic (exact) mass is 264 g/mol. The SMILES string of the molecule is CNc1ccc(C(=O)NCC2(OC)CCOC2)cc1. The van der Waals surface area contributed by atoms with E-state index in [0.29, 0.717) is 25.3 Å². The van der Waals surface area contributed by atoms with Crippen molar-refractivity contribution in [1.82, 2.24) is 5.32 Å². The Morgan fingerprint density at radius 3 is 2.68 bits per heavy atom. The van der Waals surface area contributed by atoms with Gasteiger partial charge in [-0.15, -0.1) is 0 Å². The molecule has 0 aromatic heterocycles. The van der Waals surface area contributed by atoms with Crippen LogP contribution in [0.25, 0.3) is 0 Å². The number of methoxy groups -OCH3 is 1. The predicted octanol–water partition coefficient (Wildman–Crippen LogP) is 1.26. The van der Waals surface area contributed by atoms with Crippen molar-refractivity contribution in [1.29, 1.82) is 0 Å². The average Bonchev–Trinajstić information content (AvgIpc) is 2.94. The van der Waals surface area contributed by atoms with Crippen molar-refractivity contribution in [2.24, 2.45) is 0 Å². The molecule has 104 valence electrons. The van der Waals surface area contributed by atoms with Gasteiger partial charge >= 0.3 is 0 Å². The summed E-state index contributed by atoms with van der Waals surface area (Å²) in [5.41, 5.74) is 1.25. The number of nitrogens with one attached hydrogen (secondary N) is 2. The normalized spacial score (nSPS) is 22.2. The summed E-state index contributed by atoms with van der Waals surface area (Å²) in [6.07, 6.45) is 0.808. The van der Waals surface area contributed by atoms with E-state index in [9.17, 15) is 4.79 Å². The highest BCUT2D eigenvalue weighted by Crippen LogP contribution is 2.21. The highest BCUT2D eigenvalue weighted by Gasteiger charge is 2.35. The second-order valence-electron chi connectivity index (χ2n) is 4.70. The van der Waals surface area contributed by atoms with Crippen LogP contribution in [0.1, 0.15) is 16.8 Å². The zero-order valence-corrected chi connectivity index (χ0v) is 11.4. The average molecular weight is 264 g/mol. The summed E-state index contributed by atoms with van der Waals surface area (Å²) >= 11 is 0. The lowest BCUT2D eigenvalue weighted by Crippen LogP contribution is -2.45. The van der Waals surface area contributed by atoms with Crippen molar-refractivity contribution in [2.75, 3.05) is 39.2 Å². The maximum absolute atomic E-state index is 12.0. The Kier molecular flexibility index (Phi) is 4.39. The highest BCUT2D eigenvalue weighted by molar-refractivity contribution is 5.94. The number of carbonyl (C=O) groups is 1. The molecule has 1 amide bonds. The summed E-state index contributed by atoms with van der Waals surface area (Å²) in [6, 6.07) is 7.34. The van der Waals surface area contributed by atoms with Crippen LogP contribution >= 0.6 is 0 Å². The van der Waals surface area contributed by atoms with Gasteiger partial charge in [0.1, 0.15) is 5.60 Å². The minimum Gasteiger partial charge on any atom is -0.388 e. The molecule has 1 heterocycles. The molecule has 2 N–H and O–H groups in total. The minimum atomic E-state index is -0.374. The Bertz CT molecular complexity index is 425. The van der Waals surface area contributed by atoms with Gasteiger partial charge in [-0.25, -0.2) is 0 Å². The smallest absolute Gasteiger partial charge is 0.251 e. The quantitative estimate of drug-likeness (QED) is 0.840. The summed E-state index contributed by atoms with van der Waals surface area (Å²) in [6.45, 7) is 1.68. The summed E-state index contributed by atoms with van der Waals surface area (Å²) in [5.74, 6) is -0.0917. The molecule has 1 fully saturated rings. The lowest BCUT2D eigenvalue weighted by Gasteiger charge is -2.25. The van der Waals surface area contributed by atoms with Crippen molar-refractivity contribution in [3.05, 3.63) is 29.8 Å². The number of anilines is 1. The van der Waals surface area contributed by atoms with Gasteiger partial charge in [0, 0.05) is 45.0 Å². The Balaban J connectivity index is 1.93. The zero-order valence-electron chi connectivity index (χ0n) is 11.4. The van der Waals surface area contributed by atoms with Crippen molar-refractivity contribution in [3.63, 3.8) is 0 Å². The Morgan fingerprint density at radius 1 is 1.42 bits per heavy atom. The van der Waals surface area contributed by atoms with Crippen LogP contribution in [0, 0.1) is 0 Å². The molecule has 0 spiro atoms. The van der Waals surface area contributed by atoms with Crippen LogP contribution in [0.2, 0.25) is 0 Å². The zero-order chi connectivity index (χ0) is 13.7. The summed E-state index contributed by atoms with van der Waals surface area (Å²) in [5, 5.41) is 5.92. The second kappa shape index (κ2) is 6.04. The number of carbonyl (C=O) groups excluding carboxylic acids is 1. The fourth-order valence-corrected chi connectivity index (χ4v) is 2.09. The van der Waals surface area contributed by atoms with E-state index in [1.165, 1.54) is 0 Å². The lowest BCUT2D eigenvalue weighted by atomic mass is 10.0. The fraction of sp³-hybridized carbons (Fsp3) is 0.500. The Morgan fingerprint density at radius 2 is 2.16 bits per heavy atom. The van der Waals surface area contributed by atoms with E-state index in [-0.39, 0.29) is 11.5 Å². The molecule has 0 bridgehead atoms. The number of amides is 1. The van der Waals surface area contributed by atoms with Crippen molar-refractivity contribution in [2.45, 2.75) is 12.0 Å². The van der Waals surface area contributed by atoms with Gasteiger partial charge in [-0.1, -0.05) is 0 Å². The van der Waals surface area contributed by atoms with Crippen LogP contribution in [-0.2, 0) is 9.47 Å². The summed E-state index contributed by atoms with van der Waals surface area (Å²) in [4.78, 5) is 12.0. The van der Waals surface area contributed by atoms with E-state index in [2.05, 4.69) is 10.6 Å². The molecule has 5 heteroatoms. The van der Waals surface area contributed by atoms with Crippen LogP contribution in [0.4, 0.5) is 5.69 Å². The largest absolute Gasteiger partial charge is 0.388 e. The molecule has 1 aliphatic heterocycles. The molecule has 1 aromatic rings. The van der Waals surface area contributed by atoms with Crippen molar-refractivity contribution in [3.8, 4) is 0 Å². The maximum Gasteiger partial charge on any atom is 0.251 e. The van der Waals surface area contributed by atoms with Crippen LogP contribution in [-0.4, -0.2) is 45.4 Å². The van der Waals surface area contributed by atoms with Gasteiger partial charge in [0.15, 0.2) is 0 Å². The molecule has 19 heavy (non-hydrogen) atoms. The molecule has 2 rings (SSSR count). The van der Waals surface area contributed by atoms with Crippen molar-refractivity contribution >= 4 is 11.6 Å². The first-order chi connectivity index (χ1) is 9.19. The first-order valence-corrected chi connectivity index (χ1v) is 6.38. The Labute approximate surface area is 113 Å². The van der Waals surface area contributed by atoms with E-state index < -0.39 is 0 Å². The third-order valence-corrected chi connectivity index (χ3v) is 3.51. The first kappa shape index (κ1) is 13.8. The van der Waals surface area contributed by atoms with E-state index in [1.807, 2.05) is 19.2 Å². The molecular weight excluding hydrogens is 244 g/mol. The minimum absolute atomic E-state index is 0.0917. The third kappa shape index (κ3) is 3.24. The highest BCUT2D eigenvalue weighted by atomic mass is 16.5. The third-order valence-electron chi connectivity index (χ3n) is 3.51. The molecule has 5 nitrogen and oxygen atoms in total. The molecule has 0 radical (unpaired) electrons. The molecule has 0 saturated carbocycles. The molecule has 1 aromatic carbocycles. The first-order valence-electron chi connectivity index (χ1n) is 6.38. The number of hydrogen-bond donors (Lipinski definition) is 2. The summed E-state index contributed by atoms with van der Waals surface area (Å²) in [7, 11) is 3.50. The molecule has 1 atom stereocenters. The standard InChI is InChI=1S/C14H20N2O3/c1-15-12-5-3-11(4-6-12)13(17)16-9-14(18-2)7-8-19-10-14/h3-6,15H,7-10H2,1-2H3,(H,16,17). The second-order valence-corrected chi connectivity index (χ2v) is 4.70. The van der Waals surface area contributed by atoms with Gasteiger partial charge in [0.25, 0.3) is 5.91 Å². The number of rotatable bonds is 5. The van der Waals surface area contributed by atoms with Gasteiger partial charge in [0.05, 0.1) is 6.61 Å². The number of ether oxygens (including phenoxy) is 2. The van der Waals surface area contributed by atoms with E-state index >= 15 is 0 Å². The van der Waals surface area contributed by atoms with Crippen LogP contribution in [0.15, 0.2) is 24.3 Å². The molecule has 1 saturated heterocycles. The Hall–Kier alpha value is -1.59. The summed E-state index contributed by atoms with van der Waals surface area (Å²) < 4.78 is 10.8. The number of hydrogen-bond acceptors (Lipinski definition) is 4. The molecular formula is C14H20N2O3. The lowest BCUT2D eigenvalue weighted by molar-refractivity contribution is -0.0148. The van der Waals surface area contributed by atoms with Gasteiger partial charge in [-0.2, -0.15) is 0 Å². The van der Waals surface area contributed by atoms with Crippen molar-refractivity contribution < 1.29 is 14.3 Å². The van der Waals surface area contributed by atoms with Gasteiger partial charge in [0.2, 0.25) is 0 Å². The maximum atomic E-state index is 12.0. The van der Waals surface area contributed by atoms with E-state index in [1.54, 1.807) is 19.2 Å². The predicted molar refractivity (Wildman–Crippen MR) is 73.5 cm³/mol. The molecule has 0 aliphatic carbocycles. The number of benzene rings is 1. The van der Waals surface area contributed by atoms with Crippen LogP contribution < -0.4 is 10.6 Å². The van der Waals surface area contributed by atoms with Crippen LogP contribution in [0.3, 0.4) is 0 Å².